The number of ether oxygens (including phenoxy) is 1. The molecule has 1 fully saturated rings. The smallest absolute Gasteiger partial charge is 0.350 e. The zero-order chi connectivity index (χ0) is 20.7. The summed E-state index contributed by atoms with van der Waals surface area (Å²) in [6, 6.07) is 10.1. The molecule has 2 aromatic heterocycles. The second-order valence-corrected chi connectivity index (χ2v) is 7.38. The molecule has 1 aromatic carbocycles. The molecule has 9 nitrogen and oxygen atoms in total. The van der Waals surface area contributed by atoms with Crippen molar-refractivity contribution < 1.29 is 25.2 Å². The molecule has 1 saturated heterocycles. The van der Waals surface area contributed by atoms with Gasteiger partial charge in [-0.05, 0) is 35.4 Å². The van der Waals surface area contributed by atoms with E-state index in [-0.39, 0.29) is 12.2 Å². The third kappa shape index (κ3) is 3.57. The van der Waals surface area contributed by atoms with E-state index >= 15 is 0 Å². The maximum atomic E-state index is 12.5. The number of hydrogen-bond acceptors (Lipinski definition) is 7. The molecule has 1 aliphatic heterocycles. The fourth-order valence-electron chi connectivity index (χ4n) is 3.50. The number of aliphatic hydroxyl groups excluding tert-OH is 4. The molecule has 0 bridgehead atoms. The van der Waals surface area contributed by atoms with Gasteiger partial charge >= 0.3 is 5.69 Å². The number of aliphatic hydroxyl groups is 4. The molecule has 3 aromatic rings. The number of rotatable bonds is 4. The van der Waals surface area contributed by atoms with Crippen molar-refractivity contribution in [3.05, 3.63) is 69.2 Å². The van der Waals surface area contributed by atoms with Crippen LogP contribution in [0, 0.1) is 0 Å². The van der Waals surface area contributed by atoms with Gasteiger partial charge in [0, 0.05) is 11.2 Å². The lowest BCUT2D eigenvalue weighted by Gasteiger charge is -2.40. The average molecular weight is 422 g/mol. The van der Waals surface area contributed by atoms with E-state index in [1.807, 2.05) is 0 Å². The topological polar surface area (TPSA) is 129 Å². The van der Waals surface area contributed by atoms with Gasteiger partial charge in [-0.25, -0.2) is 9.48 Å². The lowest BCUT2D eigenvalue weighted by atomic mass is 9.90. The third-order valence-corrected chi connectivity index (χ3v) is 5.47. The van der Waals surface area contributed by atoms with E-state index in [1.165, 1.54) is 9.08 Å². The number of pyridine rings is 1. The Bertz CT molecular complexity index is 1080. The molecule has 0 radical (unpaired) electrons. The number of benzene rings is 1. The van der Waals surface area contributed by atoms with Crippen molar-refractivity contribution in [2.24, 2.45) is 0 Å². The van der Waals surface area contributed by atoms with Crippen molar-refractivity contribution in [3.63, 3.8) is 0 Å². The molecule has 0 amide bonds. The normalized spacial score (nSPS) is 27.4. The molecule has 29 heavy (non-hydrogen) atoms. The van der Waals surface area contributed by atoms with Crippen molar-refractivity contribution in [1.29, 1.82) is 0 Å². The van der Waals surface area contributed by atoms with E-state index in [1.54, 1.807) is 42.6 Å². The fraction of sp³-hybridized carbons (Fsp3) is 0.368. The predicted octanol–water partition coefficient (Wildman–Crippen LogP) is -0.287. The van der Waals surface area contributed by atoms with E-state index < -0.39 is 37.1 Å². The Hall–Kier alpha value is -2.27. The largest absolute Gasteiger partial charge is 0.394 e. The standard InChI is InChI=1S/C19H20ClN3O6/c20-12-5-4-10(18-17(27)16(26)15(25)13(9-24)29-18)7-11(12)8-23-19(28)22-6-2-1-3-14(22)21-23/h1-7,13,15-18,24-27H,8-9H2/t13?,15-,16-,17?,18-/m0/s1. The summed E-state index contributed by atoms with van der Waals surface area (Å²) in [5.41, 5.74) is 1.22. The molecule has 154 valence electrons. The van der Waals surface area contributed by atoms with Gasteiger partial charge in [0.15, 0.2) is 5.65 Å². The predicted molar refractivity (Wildman–Crippen MR) is 103 cm³/mol. The van der Waals surface area contributed by atoms with Crippen LogP contribution in [0.25, 0.3) is 5.65 Å². The summed E-state index contributed by atoms with van der Waals surface area (Å²) >= 11 is 6.30. The molecule has 0 aliphatic carbocycles. The number of nitrogens with zero attached hydrogens (tertiary/aromatic N) is 3. The van der Waals surface area contributed by atoms with Gasteiger partial charge in [-0.1, -0.05) is 23.7 Å². The van der Waals surface area contributed by atoms with Crippen molar-refractivity contribution >= 4 is 17.2 Å². The van der Waals surface area contributed by atoms with Gasteiger partial charge in [-0.15, -0.1) is 5.10 Å². The highest BCUT2D eigenvalue weighted by Gasteiger charge is 2.44. The Morgan fingerprint density at radius 2 is 1.90 bits per heavy atom. The van der Waals surface area contributed by atoms with Gasteiger partial charge < -0.3 is 25.2 Å². The Balaban J connectivity index is 1.67. The second-order valence-electron chi connectivity index (χ2n) is 6.97. The molecule has 5 atom stereocenters. The Kier molecular flexibility index (Phi) is 5.43. The first kappa shape index (κ1) is 20.0. The SMILES string of the molecule is O=c1n(Cc2cc([C@@H]3OC(CO)[C@H](O)[C@H](O)C3O)ccc2Cl)nc2ccccn12. The van der Waals surface area contributed by atoms with Crippen LogP contribution in [-0.4, -0.2) is 65.6 Å². The van der Waals surface area contributed by atoms with Crippen LogP contribution in [0.1, 0.15) is 17.2 Å². The summed E-state index contributed by atoms with van der Waals surface area (Å²) in [4.78, 5) is 12.5. The molecule has 0 saturated carbocycles. The number of aromatic nitrogens is 3. The highest BCUT2D eigenvalue weighted by Crippen LogP contribution is 2.34. The van der Waals surface area contributed by atoms with Crippen LogP contribution in [-0.2, 0) is 11.3 Å². The highest BCUT2D eigenvalue weighted by atomic mass is 35.5. The van der Waals surface area contributed by atoms with Crippen LogP contribution in [0.4, 0.5) is 0 Å². The zero-order valence-corrected chi connectivity index (χ0v) is 15.9. The summed E-state index contributed by atoms with van der Waals surface area (Å²) in [6.45, 7) is -0.427. The maximum absolute atomic E-state index is 12.5. The van der Waals surface area contributed by atoms with Crippen molar-refractivity contribution in [3.8, 4) is 0 Å². The second kappa shape index (κ2) is 7.86. The minimum absolute atomic E-state index is 0.0879. The molecular weight excluding hydrogens is 402 g/mol. The summed E-state index contributed by atoms with van der Waals surface area (Å²) in [5, 5.41) is 44.4. The fourth-order valence-corrected chi connectivity index (χ4v) is 3.68. The van der Waals surface area contributed by atoms with E-state index in [2.05, 4.69) is 5.10 Å². The van der Waals surface area contributed by atoms with E-state index in [0.717, 1.165) is 0 Å². The summed E-state index contributed by atoms with van der Waals surface area (Å²) < 4.78 is 8.28. The van der Waals surface area contributed by atoms with Gasteiger partial charge in [-0.3, -0.25) is 4.40 Å². The van der Waals surface area contributed by atoms with Crippen LogP contribution in [0.2, 0.25) is 5.02 Å². The van der Waals surface area contributed by atoms with E-state index in [9.17, 15) is 25.2 Å². The Morgan fingerprint density at radius 1 is 1.10 bits per heavy atom. The maximum Gasteiger partial charge on any atom is 0.350 e. The first-order chi connectivity index (χ1) is 13.9. The molecule has 0 spiro atoms. The Labute approximate surface area is 170 Å². The van der Waals surface area contributed by atoms with Crippen molar-refractivity contribution in [1.82, 2.24) is 14.2 Å². The average Bonchev–Trinajstić information content (AvgIpc) is 3.04. The molecule has 10 heteroatoms. The van der Waals surface area contributed by atoms with Crippen molar-refractivity contribution in [2.75, 3.05) is 6.61 Å². The minimum atomic E-state index is -1.48. The number of halogens is 1. The van der Waals surface area contributed by atoms with Crippen LogP contribution in [0.5, 0.6) is 0 Å². The van der Waals surface area contributed by atoms with Crippen LogP contribution in [0.15, 0.2) is 47.4 Å². The van der Waals surface area contributed by atoms with Gasteiger partial charge in [-0.2, -0.15) is 0 Å². The first-order valence-corrected chi connectivity index (χ1v) is 9.41. The van der Waals surface area contributed by atoms with Gasteiger partial charge in [0.1, 0.15) is 30.5 Å². The molecule has 4 rings (SSSR count). The Morgan fingerprint density at radius 3 is 2.62 bits per heavy atom. The van der Waals surface area contributed by atoms with E-state index in [4.69, 9.17) is 16.3 Å². The molecule has 4 N–H and O–H groups in total. The molecule has 3 heterocycles. The molecule has 2 unspecified atom stereocenters. The molecular formula is C19H20ClN3O6. The lowest BCUT2D eigenvalue weighted by Crippen LogP contribution is -2.55. The monoisotopic (exact) mass is 421 g/mol. The third-order valence-electron chi connectivity index (χ3n) is 5.10. The lowest BCUT2D eigenvalue weighted by molar-refractivity contribution is -0.231. The highest BCUT2D eigenvalue weighted by molar-refractivity contribution is 6.31. The van der Waals surface area contributed by atoms with Gasteiger partial charge in [0.2, 0.25) is 0 Å². The number of fused-ring (bicyclic) bond motifs is 1. The van der Waals surface area contributed by atoms with E-state index in [0.29, 0.717) is 21.8 Å². The van der Waals surface area contributed by atoms with Gasteiger partial charge in [0.05, 0.1) is 13.2 Å². The first-order valence-electron chi connectivity index (χ1n) is 9.03. The minimum Gasteiger partial charge on any atom is -0.394 e. The number of hydrogen-bond donors (Lipinski definition) is 4. The summed E-state index contributed by atoms with van der Waals surface area (Å²) in [5.74, 6) is 0. The summed E-state index contributed by atoms with van der Waals surface area (Å²) in [7, 11) is 0. The quantitative estimate of drug-likeness (QED) is 0.455. The van der Waals surface area contributed by atoms with Crippen LogP contribution >= 0.6 is 11.6 Å². The molecule has 1 aliphatic rings. The van der Waals surface area contributed by atoms with Crippen LogP contribution in [0.3, 0.4) is 0 Å². The zero-order valence-electron chi connectivity index (χ0n) is 15.2. The van der Waals surface area contributed by atoms with Gasteiger partial charge in [0.25, 0.3) is 0 Å². The van der Waals surface area contributed by atoms with Crippen LogP contribution < -0.4 is 5.69 Å². The van der Waals surface area contributed by atoms with Crippen molar-refractivity contribution in [2.45, 2.75) is 37.1 Å². The summed E-state index contributed by atoms with van der Waals surface area (Å²) in [6.07, 6.45) is -4.70.